The summed E-state index contributed by atoms with van der Waals surface area (Å²) in [6, 6.07) is 11.3. The van der Waals surface area contributed by atoms with Crippen LogP contribution in [0.15, 0.2) is 45.7 Å². The fourth-order valence-corrected chi connectivity index (χ4v) is 3.40. The second-order valence-electron chi connectivity index (χ2n) is 5.79. The number of carbonyl (C=O) groups is 2. The summed E-state index contributed by atoms with van der Waals surface area (Å²) >= 11 is 1.54. The van der Waals surface area contributed by atoms with Gasteiger partial charge in [-0.15, -0.1) is 11.8 Å². The van der Waals surface area contributed by atoms with E-state index in [1.165, 1.54) is 0 Å². The molecule has 1 aliphatic rings. The van der Waals surface area contributed by atoms with Gasteiger partial charge in [0.2, 0.25) is 5.91 Å². The maximum atomic E-state index is 12.3. The number of carbonyl (C=O) groups excluding carboxylic acids is 2. The Labute approximate surface area is 145 Å². The Kier molecular flexibility index (Phi) is 4.94. The third kappa shape index (κ3) is 3.48. The molecule has 1 unspecified atom stereocenters. The van der Waals surface area contributed by atoms with Crippen molar-refractivity contribution in [3.8, 4) is 0 Å². The van der Waals surface area contributed by atoms with E-state index in [4.69, 9.17) is 4.42 Å². The van der Waals surface area contributed by atoms with Crippen molar-refractivity contribution in [3.05, 3.63) is 47.9 Å². The standard InChI is InChI=1S/C18H20N2O3S/c1-3-12(2)19-18(22)15-9-8-13(23-15)10-20-14-6-4-5-7-16(14)24-11-17(20)21/h4-9,12H,3,10-11H2,1-2H3,(H,19,22). The van der Waals surface area contributed by atoms with Crippen LogP contribution in [0.1, 0.15) is 36.6 Å². The number of hydrogen-bond donors (Lipinski definition) is 1. The molecule has 126 valence electrons. The number of amides is 2. The monoisotopic (exact) mass is 344 g/mol. The quantitative estimate of drug-likeness (QED) is 0.902. The zero-order chi connectivity index (χ0) is 17.1. The van der Waals surface area contributed by atoms with Gasteiger partial charge in [0, 0.05) is 10.9 Å². The summed E-state index contributed by atoms with van der Waals surface area (Å²) in [4.78, 5) is 27.2. The zero-order valence-corrected chi connectivity index (χ0v) is 14.6. The van der Waals surface area contributed by atoms with E-state index in [2.05, 4.69) is 5.32 Å². The first kappa shape index (κ1) is 16.6. The van der Waals surface area contributed by atoms with E-state index in [9.17, 15) is 9.59 Å². The van der Waals surface area contributed by atoms with E-state index in [1.54, 1.807) is 28.8 Å². The average molecular weight is 344 g/mol. The summed E-state index contributed by atoms with van der Waals surface area (Å²) in [6.45, 7) is 4.28. The van der Waals surface area contributed by atoms with Crippen LogP contribution in [0.2, 0.25) is 0 Å². The molecular weight excluding hydrogens is 324 g/mol. The van der Waals surface area contributed by atoms with E-state index in [1.807, 2.05) is 38.1 Å². The van der Waals surface area contributed by atoms with Crippen LogP contribution >= 0.6 is 11.8 Å². The van der Waals surface area contributed by atoms with Crippen molar-refractivity contribution in [2.45, 2.75) is 37.8 Å². The lowest BCUT2D eigenvalue weighted by Gasteiger charge is -2.28. The van der Waals surface area contributed by atoms with E-state index in [0.717, 1.165) is 17.0 Å². The van der Waals surface area contributed by atoms with Gasteiger partial charge in [0.05, 0.1) is 18.0 Å². The highest BCUT2D eigenvalue weighted by atomic mass is 32.2. The smallest absolute Gasteiger partial charge is 0.287 e. The number of rotatable bonds is 5. The van der Waals surface area contributed by atoms with Crippen LogP contribution in [0.4, 0.5) is 5.69 Å². The van der Waals surface area contributed by atoms with E-state index in [-0.39, 0.29) is 23.6 Å². The van der Waals surface area contributed by atoms with E-state index < -0.39 is 0 Å². The molecule has 1 aliphatic heterocycles. The molecular formula is C18H20N2O3S. The van der Waals surface area contributed by atoms with Gasteiger partial charge in [-0.3, -0.25) is 9.59 Å². The minimum Gasteiger partial charge on any atom is -0.454 e. The first-order valence-corrected chi connectivity index (χ1v) is 8.98. The van der Waals surface area contributed by atoms with Crippen LogP contribution in [0, 0.1) is 0 Å². The molecule has 2 aromatic rings. The van der Waals surface area contributed by atoms with Crippen LogP contribution in [0.5, 0.6) is 0 Å². The van der Waals surface area contributed by atoms with Gasteiger partial charge in [-0.25, -0.2) is 0 Å². The Morgan fingerprint density at radius 3 is 2.92 bits per heavy atom. The summed E-state index contributed by atoms with van der Waals surface area (Å²) in [5, 5.41) is 2.87. The molecule has 1 aromatic carbocycles. The van der Waals surface area contributed by atoms with Crippen molar-refractivity contribution in [2.24, 2.45) is 0 Å². The minimum absolute atomic E-state index is 0.0423. The molecule has 24 heavy (non-hydrogen) atoms. The predicted octanol–water partition coefficient (Wildman–Crippen LogP) is 3.45. The van der Waals surface area contributed by atoms with Crippen molar-refractivity contribution < 1.29 is 14.0 Å². The van der Waals surface area contributed by atoms with Gasteiger partial charge in [-0.2, -0.15) is 0 Å². The van der Waals surface area contributed by atoms with Gasteiger partial charge in [-0.1, -0.05) is 19.1 Å². The molecule has 0 spiro atoms. The number of fused-ring (bicyclic) bond motifs is 1. The topological polar surface area (TPSA) is 62.6 Å². The number of benzene rings is 1. The SMILES string of the molecule is CCC(C)NC(=O)c1ccc(CN2C(=O)CSc3ccccc32)o1. The van der Waals surface area contributed by atoms with E-state index >= 15 is 0 Å². The average Bonchev–Trinajstić information content (AvgIpc) is 3.06. The van der Waals surface area contributed by atoms with Gasteiger partial charge in [-0.05, 0) is 37.6 Å². The van der Waals surface area contributed by atoms with Crippen LogP contribution in [0.3, 0.4) is 0 Å². The summed E-state index contributed by atoms with van der Waals surface area (Å²) in [5.74, 6) is 1.10. The Balaban J connectivity index is 1.75. The first-order valence-electron chi connectivity index (χ1n) is 8.00. The van der Waals surface area contributed by atoms with Crippen molar-refractivity contribution >= 4 is 29.3 Å². The lowest BCUT2D eigenvalue weighted by molar-refractivity contribution is -0.116. The normalized spacial score (nSPS) is 15.1. The molecule has 1 N–H and O–H groups in total. The number of furan rings is 1. The fourth-order valence-electron chi connectivity index (χ4n) is 2.47. The minimum atomic E-state index is -0.225. The molecule has 5 nitrogen and oxygen atoms in total. The van der Waals surface area contributed by atoms with Gasteiger partial charge in [0.15, 0.2) is 5.76 Å². The number of nitrogens with one attached hydrogen (secondary N) is 1. The molecule has 6 heteroatoms. The van der Waals surface area contributed by atoms with Crippen molar-refractivity contribution in [3.63, 3.8) is 0 Å². The first-order chi connectivity index (χ1) is 11.6. The Bertz CT molecular complexity index is 756. The highest BCUT2D eigenvalue weighted by Crippen LogP contribution is 2.35. The molecule has 0 radical (unpaired) electrons. The zero-order valence-electron chi connectivity index (χ0n) is 13.7. The summed E-state index contributed by atoms with van der Waals surface area (Å²) in [5.41, 5.74) is 0.890. The summed E-state index contributed by atoms with van der Waals surface area (Å²) in [6.07, 6.45) is 0.857. The molecule has 3 rings (SSSR count). The van der Waals surface area contributed by atoms with Crippen molar-refractivity contribution in [1.29, 1.82) is 0 Å². The summed E-state index contributed by atoms with van der Waals surface area (Å²) in [7, 11) is 0. The lowest BCUT2D eigenvalue weighted by atomic mass is 10.2. The van der Waals surface area contributed by atoms with Crippen LogP contribution in [-0.2, 0) is 11.3 Å². The molecule has 0 saturated carbocycles. The Morgan fingerprint density at radius 2 is 2.12 bits per heavy atom. The Hall–Kier alpha value is -2.21. The molecule has 0 fully saturated rings. The highest BCUT2D eigenvalue weighted by Gasteiger charge is 2.25. The van der Waals surface area contributed by atoms with Gasteiger partial charge >= 0.3 is 0 Å². The van der Waals surface area contributed by atoms with Gasteiger partial charge < -0.3 is 14.6 Å². The van der Waals surface area contributed by atoms with Crippen LogP contribution in [-0.4, -0.2) is 23.6 Å². The van der Waals surface area contributed by atoms with Crippen LogP contribution in [0.25, 0.3) is 0 Å². The predicted molar refractivity (Wildman–Crippen MR) is 94.3 cm³/mol. The second-order valence-corrected chi connectivity index (χ2v) is 6.80. The van der Waals surface area contributed by atoms with Crippen molar-refractivity contribution in [2.75, 3.05) is 10.7 Å². The van der Waals surface area contributed by atoms with Crippen LogP contribution < -0.4 is 10.2 Å². The number of anilines is 1. The number of nitrogens with zero attached hydrogens (tertiary/aromatic N) is 1. The van der Waals surface area contributed by atoms with Crippen molar-refractivity contribution in [1.82, 2.24) is 5.32 Å². The number of thioether (sulfide) groups is 1. The van der Waals surface area contributed by atoms with Gasteiger partial charge in [0.25, 0.3) is 5.91 Å². The maximum absolute atomic E-state index is 12.3. The fraction of sp³-hybridized carbons (Fsp3) is 0.333. The molecule has 0 saturated heterocycles. The number of para-hydroxylation sites is 1. The van der Waals surface area contributed by atoms with E-state index in [0.29, 0.717) is 18.1 Å². The summed E-state index contributed by atoms with van der Waals surface area (Å²) < 4.78 is 5.64. The molecule has 0 bridgehead atoms. The largest absolute Gasteiger partial charge is 0.454 e. The molecule has 1 aromatic heterocycles. The highest BCUT2D eigenvalue weighted by molar-refractivity contribution is 8.00. The van der Waals surface area contributed by atoms with Gasteiger partial charge in [0.1, 0.15) is 5.76 Å². The maximum Gasteiger partial charge on any atom is 0.287 e. The lowest BCUT2D eigenvalue weighted by Crippen LogP contribution is -2.34. The molecule has 0 aliphatic carbocycles. The third-order valence-corrected chi connectivity index (χ3v) is 5.05. The third-order valence-electron chi connectivity index (χ3n) is 4.00. The second kappa shape index (κ2) is 7.13. The molecule has 1 atom stereocenters. The number of hydrogen-bond acceptors (Lipinski definition) is 4. The molecule has 2 heterocycles. The Morgan fingerprint density at radius 1 is 1.33 bits per heavy atom. The molecule has 2 amide bonds.